The molecule has 15 heavy (non-hydrogen) atoms. The van der Waals surface area contributed by atoms with Gasteiger partial charge in [-0.05, 0) is 31.4 Å². The van der Waals surface area contributed by atoms with Gasteiger partial charge in [0.15, 0.2) is 0 Å². The van der Waals surface area contributed by atoms with E-state index in [0.29, 0.717) is 6.42 Å². The topological polar surface area (TPSA) is 20.3 Å². The lowest BCUT2D eigenvalue weighted by Gasteiger charge is -2.22. The molecular weight excluding hydrogens is 186 g/mol. The Hall–Kier alpha value is -1.57. The molecule has 1 aliphatic heterocycles. The molecule has 2 rings (SSSR count). The summed E-state index contributed by atoms with van der Waals surface area (Å²) in [6, 6.07) is 9.75. The van der Waals surface area contributed by atoms with Crippen molar-refractivity contribution < 1.29 is 4.79 Å². The summed E-state index contributed by atoms with van der Waals surface area (Å²) in [7, 11) is 0. The van der Waals surface area contributed by atoms with Gasteiger partial charge in [-0.25, -0.2) is 0 Å². The molecule has 1 fully saturated rings. The molecule has 0 N–H and O–H groups in total. The van der Waals surface area contributed by atoms with Crippen molar-refractivity contribution in [3.63, 3.8) is 0 Å². The summed E-state index contributed by atoms with van der Waals surface area (Å²) in [6.45, 7) is 3.99. The average molecular weight is 201 g/mol. The summed E-state index contributed by atoms with van der Waals surface area (Å²) in [5.41, 5.74) is 1.86. The lowest BCUT2D eigenvalue weighted by molar-refractivity contribution is -0.118. The number of nitrogens with zero attached hydrogens (tertiary/aromatic N) is 1. The minimum Gasteiger partial charge on any atom is -0.285 e. The highest BCUT2D eigenvalue weighted by atomic mass is 16.2. The fourth-order valence-electron chi connectivity index (χ4n) is 1.91. The molecule has 1 heterocycles. The van der Waals surface area contributed by atoms with E-state index in [2.05, 4.69) is 6.58 Å². The van der Waals surface area contributed by atoms with E-state index in [0.717, 1.165) is 30.6 Å². The summed E-state index contributed by atoms with van der Waals surface area (Å²) < 4.78 is 0. The normalized spacial score (nSPS) is 17.7. The van der Waals surface area contributed by atoms with Crippen LogP contribution in [-0.4, -0.2) is 5.91 Å². The number of rotatable bonds is 1. The third kappa shape index (κ3) is 2.09. The van der Waals surface area contributed by atoms with Crippen molar-refractivity contribution >= 4 is 11.6 Å². The van der Waals surface area contributed by atoms with Crippen LogP contribution < -0.4 is 4.90 Å². The van der Waals surface area contributed by atoms with Crippen LogP contribution in [0.4, 0.5) is 5.69 Å². The predicted octanol–water partition coefficient (Wildman–Crippen LogP) is 3.11. The first-order valence-electron chi connectivity index (χ1n) is 5.35. The van der Waals surface area contributed by atoms with E-state index >= 15 is 0 Å². The third-order valence-corrected chi connectivity index (χ3v) is 2.69. The van der Waals surface area contributed by atoms with Crippen LogP contribution in [0.3, 0.4) is 0 Å². The van der Waals surface area contributed by atoms with Crippen LogP contribution in [0, 0.1) is 0 Å². The van der Waals surface area contributed by atoms with Gasteiger partial charge in [-0.1, -0.05) is 24.8 Å². The third-order valence-electron chi connectivity index (χ3n) is 2.69. The zero-order valence-electron chi connectivity index (χ0n) is 8.78. The number of carbonyl (C=O) groups is 1. The molecule has 0 radical (unpaired) electrons. The smallest absolute Gasteiger partial charge is 0.231 e. The summed E-state index contributed by atoms with van der Waals surface area (Å²) in [4.78, 5) is 13.6. The molecule has 0 bridgehead atoms. The quantitative estimate of drug-likeness (QED) is 0.683. The molecule has 0 spiro atoms. The van der Waals surface area contributed by atoms with E-state index in [-0.39, 0.29) is 5.91 Å². The Bertz CT molecular complexity index is 351. The second-order valence-electron chi connectivity index (χ2n) is 3.84. The van der Waals surface area contributed by atoms with E-state index in [4.69, 9.17) is 0 Å². The molecule has 0 unspecified atom stereocenters. The largest absolute Gasteiger partial charge is 0.285 e. The van der Waals surface area contributed by atoms with Gasteiger partial charge in [0.05, 0.1) is 0 Å². The minimum absolute atomic E-state index is 0.170. The molecule has 0 atom stereocenters. The molecule has 0 aromatic heterocycles. The Morgan fingerprint density at radius 1 is 1.07 bits per heavy atom. The Morgan fingerprint density at radius 2 is 1.73 bits per heavy atom. The van der Waals surface area contributed by atoms with Crippen molar-refractivity contribution in [2.75, 3.05) is 4.90 Å². The number of benzene rings is 1. The lowest BCUT2D eigenvalue weighted by atomic mass is 10.2. The maximum absolute atomic E-state index is 11.9. The van der Waals surface area contributed by atoms with Crippen LogP contribution in [0.25, 0.3) is 0 Å². The summed E-state index contributed by atoms with van der Waals surface area (Å²) >= 11 is 0. The van der Waals surface area contributed by atoms with Crippen LogP contribution >= 0.6 is 0 Å². The Morgan fingerprint density at radius 3 is 2.47 bits per heavy atom. The first kappa shape index (κ1) is 9.97. The van der Waals surface area contributed by atoms with Crippen molar-refractivity contribution in [1.82, 2.24) is 0 Å². The molecule has 1 aliphatic rings. The number of carbonyl (C=O) groups excluding carboxylic acids is 1. The van der Waals surface area contributed by atoms with Gasteiger partial charge in [0.25, 0.3) is 0 Å². The van der Waals surface area contributed by atoms with Crippen molar-refractivity contribution in [1.29, 1.82) is 0 Å². The molecule has 0 saturated carbocycles. The number of anilines is 1. The van der Waals surface area contributed by atoms with Gasteiger partial charge in [0.2, 0.25) is 5.91 Å². The van der Waals surface area contributed by atoms with Crippen LogP contribution in [0.1, 0.15) is 25.7 Å². The average Bonchev–Trinajstić information content (AvgIpc) is 2.41. The van der Waals surface area contributed by atoms with Crippen molar-refractivity contribution in [2.24, 2.45) is 0 Å². The molecule has 78 valence electrons. The lowest BCUT2D eigenvalue weighted by Crippen LogP contribution is -2.27. The monoisotopic (exact) mass is 201 g/mol. The zero-order chi connectivity index (χ0) is 10.7. The van der Waals surface area contributed by atoms with Gasteiger partial charge in [-0.15, -0.1) is 0 Å². The molecule has 0 aliphatic carbocycles. The van der Waals surface area contributed by atoms with Crippen molar-refractivity contribution in [3.05, 3.63) is 42.6 Å². The van der Waals surface area contributed by atoms with Crippen LogP contribution in [0.15, 0.2) is 42.6 Å². The summed E-state index contributed by atoms with van der Waals surface area (Å²) in [6.07, 6.45) is 3.59. The van der Waals surface area contributed by atoms with Crippen LogP contribution in [0.5, 0.6) is 0 Å². The van der Waals surface area contributed by atoms with Crippen molar-refractivity contribution in [3.8, 4) is 0 Å². The van der Waals surface area contributed by atoms with Gasteiger partial charge < -0.3 is 0 Å². The maximum Gasteiger partial charge on any atom is 0.231 e. The zero-order valence-corrected chi connectivity index (χ0v) is 8.78. The number of allylic oxidation sites excluding steroid dienone is 1. The van der Waals surface area contributed by atoms with E-state index in [1.807, 2.05) is 30.3 Å². The van der Waals surface area contributed by atoms with Crippen molar-refractivity contribution in [2.45, 2.75) is 25.7 Å². The van der Waals surface area contributed by atoms with Crippen LogP contribution in [-0.2, 0) is 4.79 Å². The van der Waals surface area contributed by atoms with E-state index in [1.165, 1.54) is 0 Å². The molecular formula is C13H15NO. The highest BCUT2D eigenvalue weighted by molar-refractivity contribution is 5.96. The molecule has 1 amide bonds. The fourth-order valence-corrected chi connectivity index (χ4v) is 1.91. The van der Waals surface area contributed by atoms with Gasteiger partial charge in [-0.2, -0.15) is 0 Å². The van der Waals surface area contributed by atoms with Gasteiger partial charge in [-0.3, -0.25) is 9.69 Å². The summed E-state index contributed by atoms with van der Waals surface area (Å²) in [5, 5.41) is 0. The first-order chi connectivity index (χ1) is 7.29. The minimum atomic E-state index is 0.170. The summed E-state index contributed by atoms with van der Waals surface area (Å²) in [5.74, 6) is 0.170. The van der Waals surface area contributed by atoms with Gasteiger partial charge in [0, 0.05) is 17.8 Å². The van der Waals surface area contributed by atoms with E-state index in [1.54, 1.807) is 4.90 Å². The predicted molar refractivity (Wildman–Crippen MR) is 61.5 cm³/mol. The highest BCUT2D eigenvalue weighted by Gasteiger charge is 2.20. The van der Waals surface area contributed by atoms with Gasteiger partial charge >= 0.3 is 0 Å². The molecule has 2 heteroatoms. The number of amides is 1. The molecule has 1 saturated heterocycles. The second-order valence-corrected chi connectivity index (χ2v) is 3.84. The molecule has 1 aromatic carbocycles. The van der Waals surface area contributed by atoms with E-state index in [9.17, 15) is 4.79 Å². The highest BCUT2D eigenvalue weighted by Crippen LogP contribution is 2.25. The number of hydrogen-bond acceptors (Lipinski definition) is 1. The Balaban J connectivity index is 2.32. The first-order valence-corrected chi connectivity index (χ1v) is 5.35. The van der Waals surface area contributed by atoms with E-state index < -0.39 is 0 Å². The Labute approximate surface area is 90.2 Å². The molecule has 2 nitrogen and oxygen atoms in total. The second kappa shape index (κ2) is 4.30. The standard InChI is InChI=1S/C13H15NO/c1-11-7-5-6-10-13(15)14(11)12-8-3-2-4-9-12/h2-4,8-9H,1,5-7,10H2. The maximum atomic E-state index is 11.9. The van der Waals surface area contributed by atoms with Crippen LogP contribution in [0.2, 0.25) is 0 Å². The number of hydrogen-bond donors (Lipinski definition) is 0. The fraction of sp³-hybridized carbons (Fsp3) is 0.308. The SMILES string of the molecule is C=C1CCCCC(=O)N1c1ccccc1. The Kier molecular flexibility index (Phi) is 2.86. The molecule has 1 aromatic rings. The van der Waals surface area contributed by atoms with Gasteiger partial charge in [0.1, 0.15) is 0 Å². The number of para-hydroxylation sites is 1.